The Labute approximate surface area is 247 Å². The Kier molecular flexibility index (Phi) is 14.1. The van der Waals surface area contributed by atoms with Crippen LogP contribution in [-0.2, 0) is 14.3 Å². The van der Waals surface area contributed by atoms with Gasteiger partial charge < -0.3 is 46.1 Å². The zero-order valence-corrected chi connectivity index (χ0v) is 24.6. The number of nitrogens with zero attached hydrogens (tertiary/aromatic N) is 3. The number of hydrogen-bond acceptors (Lipinski definition) is 11. The number of H-pyrrole nitrogens is 1. The maximum Gasteiger partial charge on any atom is 0.239 e. The molecule has 3 rings (SSSR count). The van der Waals surface area contributed by atoms with Gasteiger partial charge in [-0.2, -0.15) is 0 Å². The number of carbonyl (C=O) groups is 2. The first kappa shape index (κ1) is 33.1. The predicted molar refractivity (Wildman–Crippen MR) is 154 cm³/mol. The van der Waals surface area contributed by atoms with Gasteiger partial charge in [0.1, 0.15) is 36.3 Å². The second-order valence-electron chi connectivity index (χ2n) is 10.2. The van der Waals surface area contributed by atoms with Crippen molar-refractivity contribution in [1.82, 2.24) is 30.6 Å². The van der Waals surface area contributed by atoms with Gasteiger partial charge in [-0.3, -0.25) is 9.59 Å². The number of hydrogen-bond donors (Lipinski definition) is 8. The van der Waals surface area contributed by atoms with Crippen LogP contribution in [0.25, 0.3) is 11.2 Å². The third-order valence-corrected chi connectivity index (χ3v) is 7.63. The van der Waals surface area contributed by atoms with E-state index in [1.165, 1.54) is 44.8 Å². The van der Waals surface area contributed by atoms with E-state index < -0.39 is 49.2 Å². The fourth-order valence-corrected chi connectivity index (χ4v) is 5.17. The van der Waals surface area contributed by atoms with Crippen LogP contribution in [-0.4, -0.2) is 107 Å². The summed E-state index contributed by atoms with van der Waals surface area (Å²) < 4.78 is 5.78. The van der Waals surface area contributed by atoms with E-state index in [9.17, 15) is 30.0 Å². The second-order valence-corrected chi connectivity index (χ2v) is 11.0. The lowest BCUT2D eigenvalue weighted by molar-refractivity contribution is -0.204. The number of rotatable bonds is 18. The van der Waals surface area contributed by atoms with Crippen LogP contribution in [0.1, 0.15) is 64.2 Å². The molecule has 0 radical (unpaired) electrons. The van der Waals surface area contributed by atoms with Gasteiger partial charge in [0.05, 0.1) is 25.5 Å². The minimum atomic E-state index is -1.59. The molecule has 2 aromatic heterocycles. The number of aliphatic hydroxyl groups is 4. The Bertz CT molecular complexity index is 1080. The first-order chi connectivity index (χ1) is 19.8. The van der Waals surface area contributed by atoms with Gasteiger partial charge in [-0.1, -0.05) is 60.9 Å². The van der Waals surface area contributed by atoms with Crippen molar-refractivity contribution in [3.63, 3.8) is 0 Å². The number of nitrogens with one attached hydrogen (secondary N) is 4. The van der Waals surface area contributed by atoms with Gasteiger partial charge in [-0.05, 0) is 12.8 Å². The molecular formula is C26H42BrN7O7. The van der Waals surface area contributed by atoms with Gasteiger partial charge in [0.2, 0.25) is 11.8 Å². The van der Waals surface area contributed by atoms with Crippen LogP contribution >= 0.6 is 15.9 Å². The second kappa shape index (κ2) is 17.5. The van der Waals surface area contributed by atoms with Gasteiger partial charge in [0.25, 0.3) is 0 Å². The lowest BCUT2D eigenvalue weighted by Gasteiger charge is -2.44. The number of imidazole rings is 1. The quantitative estimate of drug-likeness (QED) is 0.0824. The number of aromatic nitrogens is 4. The van der Waals surface area contributed by atoms with Gasteiger partial charge in [-0.15, -0.1) is 0 Å². The van der Waals surface area contributed by atoms with Crippen molar-refractivity contribution in [2.24, 2.45) is 0 Å². The molecule has 2 amide bonds. The number of alkyl halides is 1. The first-order valence-corrected chi connectivity index (χ1v) is 15.3. The summed E-state index contributed by atoms with van der Waals surface area (Å²) >= 11 is 3.44. The largest absolute Gasteiger partial charge is 0.394 e. The molecule has 0 bridgehead atoms. The van der Waals surface area contributed by atoms with Crippen molar-refractivity contribution < 1.29 is 34.8 Å². The Morgan fingerprint density at radius 3 is 2.34 bits per heavy atom. The summed E-state index contributed by atoms with van der Waals surface area (Å²) in [7, 11) is 0. The van der Waals surface area contributed by atoms with Crippen molar-refractivity contribution in [2.45, 2.75) is 101 Å². The molecular weight excluding hydrogens is 602 g/mol. The molecule has 0 unspecified atom stereocenters. The van der Waals surface area contributed by atoms with Crippen LogP contribution in [0.4, 0.5) is 5.82 Å². The van der Waals surface area contributed by atoms with E-state index in [0.717, 1.165) is 31.0 Å². The number of anilines is 1. The molecule has 0 aromatic carbocycles. The lowest BCUT2D eigenvalue weighted by Crippen LogP contribution is -2.68. The predicted octanol–water partition coefficient (Wildman–Crippen LogP) is 0.462. The highest BCUT2D eigenvalue weighted by molar-refractivity contribution is 9.09. The summed E-state index contributed by atoms with van der Waals surface area (Å²) in [4.78, 5) is 39.8. The van der Waals surface area contributed by atoms with Crippen LogP contribution in [0.2, 0.25) is 0 Å². The van der Waals surface area contributed by atoms with Crippen molar-refractivity contribution in [1.29, 1.82) is 0 Å². The molecule has 14 nitrogen and oxygen atoms in total. The van der Waals surface area contributed by atoms with Gasteiger partial charge >= 0.3 is 0 Å². The van der Waals surface area contributed by atoms with Crippen LogP contribution in [0.3, 0.4) is 0 Å². The fourth-order valence-electron chi connectivity index (χ4n) is 4.77. The first-order valence-electron chi connectivity index (χ1n) is 14.2. The standard InChI is InChI=1S/C26H42BrN7O7/c27-11-9-7-5-3-1-2-4-6-8-10-17(37)28-12-18(38)33-19-21(39)22(40)26(41-23(19)16(36)13-35)34-25-20-24(30-14-29-20)31-15-32-25/h14-16,19,21-23,26,35-36,39-40H,1-13H2,(H,28,37)(H,33,38)(H2,29,30,31,32,34)/t16-,19+,21+,22+,23-,26-/m0/s1. The SMILES string of the molecule is O=C(CCCCCCCCCCCBr)NCC(=O)N[C@@H]1[C@@H](O)[C@@H](O)[C@@H](Nc2ncnc3nc[nH]c23)O[C@H]1[C@@H](O)CO. The minimum Gasteiger partial charge on any atom is -0.394 e. The lowest BCUT2D eigenvalue weighted by atomic mass is 9.92. The zero-order chi connectivity index (χ0) is 29.6. The molecule has 0 spiro atoms. The van der Waals surface area contributed by atoms with Gasteiger partial charge in [0, 0.05) is 11.8 Å². The summed E-state index contributed by atoms with van der Waals surface area (Å²) in [5.74, 6) is -0.678. The summed E-state index contributed by atoms with van der Waals surface area (Å²) in [6, 6.07) is -1.27. The normalized spacial score (nSPS) is 23.3. The third kappa shape index (κ3) is 10.1. The van der Waals surface area contributed by atoms with Crippen molar-refractivity contribution in [2.75, 3.05) is 23.8 Å². The molecule has 2 aromatic rings. The van der Waals surface area contributed by atoms with Crippen LogP contribution < -0.4 is 16.0 Å². The van der Waals surface area contributed by atoms with E-state index in [1.807, 2.05) is 0 Å². The molecule has 41 heavy (non-hydrogen) atoms. The summed E-state index contributed by atoms with van der Waals surface area (Å²) in [5.41, 5.74) is 0.791. The van der Waals surface area contributed by atoms with Crippen LogP contribution in [0.5, 0.6) is 0 Å². The summed E-state index contributed by atoms with van der Waals surface area (Å²) in [5, 5.41) is 50.5. The topological polar surface area (TPSA) is 215 Å². The number of aliphatic hydroxyl groups excluding tert-OH is 4. The molecule has 0 aliphatic carbocycles. The minimum absolute atomic E-state index is 0.229. The fraction of sp³-hybridized carbons (Fsp3) is 0.731. The number of fused-ring (bicyclic) bond motifs is 1. The number of ether oxygens (including phenoxy) is 1. The Morgan fingerprint density at radius 2 is 1.66 bits per heavy atom. The van der Waals surface area contributed by atoms with Gasteiger partial charge in [-0.25, -0.2) is 15.0 Å². The zero-order valence-electron chi connectivity index (χ0n) is 23.0. The summed E-state index contributed by atoms with van der Waals surface area (Å²) in [6.45, 7) is -1.08. The molecule has 1 saturated heterocycles. The van der Waals surface area contributed by atoms with Crippen LogP contribution in [0.15, 0.2) is 12.7 Å². The Balaban J connectivity index is 1.43. The molecule has 3 heterocycles. The molecule has 8 N–H and O–H groups in total. The maximum atomic E-state index is 12.6. The van der Waals surface area contributed by atoms with E-state index in [4.69, 9.17) is 4.74 Å². The molecule has 1 aliphatic heterocycles. The molecule has 0 saturated carbocycles. The highest BCUT2D eigenvalue weighted by Crippen LogP contribution is 2.26. The number of amides is 2. The van der Waals surface area contributed by atoms with Gasteiger partial charge in [0.15, 0.2) is 17.7 Å². The molecule has 230 valence electrons. The number of carbonyl (C=O) groups excluding carboxylic acids is 2. The highest BCUT2D eigenvalue weighted by atomic mass is 79.9. The Hall–Kier alpha value is -2.43. The van der Waals surface area contributed by atoms with E-state index in [2.05, 4.69) is 51.8 Å². The molecule has 1 fully saturated rings. The van der Waals surface area contributed by atoms with E-state index in [1.54, 1.807) is 0 Å². The van der Waals surface area contributed by atoms with E-state index in [-0.39, 0.29) is 18.3 Å². The van der Waals surface area contributed by atoms with Crippen LogP contribution in [0, 0.1) is 0 Å². The summed E-state index contributed by atoms with van der Waals surface area (Å²) in [6.07, 6.45) is 5.86. The highest BCUT2D eigenvalue weighted by Gasteiger charge is 2.48. The monoisotopic (exact) mass is 643 g/mol. The molecule has 15 heteroatoms. The number of aromatic amines is 1. The Morgan fingerprint density at radius 1 is 0.976 bits per heavy atom. The number of halogens is 1. The van der Waals surface area contributed by atoms with Crippen molar-refractivity contribution in [3.05, 3.63) is 12.7 Å². The van der Waals surface area contributed by atoms with Crippen molar-refractivity contribution >= 4 is 44.7 Å². The average Bonchev–Trinajstić information content (AvgIpc) is 3.46. The maximum absolute atomic E-state index is 12.6. The molecule has 1 aliphatic rings. The van der Waals surface area contributed by atoms with Crippen molar-refractivity contribution in [3.8, 4) is 0 Å². The average molecular weight is 645 g/mol. The molecule has 6 atom stereocenters. The van der Waals surface area contributed by atoms with E-state index >= 15 is 0 Å². The number of unbranched alkanes of at least 4 members (excludes halogenated alkanes) is 8. The smallest absolute Gasteiger partial charge is 0.239 e. The third-order valence-electron chi connectivity index (χ3n) is 7.07. The van der Waals surface area contributed by atoms with E-state index in [0.29, 0.717) is 17.6 Å².